The zero-order valence-corrected chi connectivity index (χ0v) is 23.5. The molecule has 4 aromatic rings. The summed E-state index contributed by atoms with van der Waals surface area (Å²) in [5, 5.41) is 9.08. The van der Waals surface area contributed by atoms with Gasteiger partial charge in [0, 0.05) is 60.5 Å². The summed E-state index contributed by atoms with van der Waals surface area (Å²) in [6.07, 6.45) is 0.163. The molecule has 1 fully saturated rings. The Hall–Kier alpha value is -4.30. The second-order valence-electron chi connectivity index (χ2n) is 9.63. The third-order valence-electron chi connectivity index (χ3n) is 6.63. The van der Waals surface area contributed by atoms with Crippen molar-refractivity contribution in [2.75, 3.05) is 32.1 Å². The molecule has 0 atom stereocenters. The summed E-state index contributed by atoms with van der Waals surface area (Å²) in [7, 11) is 1.51. The third-order valence-corrected chi connectivity index (χ3v) is 7.50. The van der Waals surface area contributed by atoms with Crippen LogP contribution in [0.3, 0.4) is 0 Å². The number of carbonyl (C=O) groups excluding carboxylic acids is 2. The molecule has 1 aliphatic rings. The Bertz CT molecular complexity index is 1710. The number of fused-ring (bicyclic) bond motifs is 1. The van der Waals surface area contributed by atoms with Crippen LogP contribution in [0, 0.1) is 0 Å². The number of rotatable bonds is 9. The van der Waals surface area contributed by atoms with Crippen LogP contribution in [0.5, 0.6) is 0 Å². The first kappa shape index (κ1) is 29.2. The smallest absolute Gasteiger partial charge is 0.383 e. The van der Waals surface area contributed by atoms with Gasteiger partial charge in [-0.05, 0) is 43.5 Å². The van der Waals surface area contributed by atoms with E-state index in [4.69, 9.17) is 4.74 Å². The van der Waals surface area contributed by atoms with Crippen molar-refractivity contribution in [3.63, 3.8) is 0 Å². The molecular weight excluding hydrogens is 573 g/mol. The number of nitrogens with one attached hydrogen (secondary N) is 3. The van der Waals surface area contributed by atoms with Crippen molar-refractivity contribution in [3.8, 4) is 21.7 Å². The fourth-order valence-corrected chi connectivity index (χ4v) is 5.34. The fourth-order valence-electron chi connectivity index (χ4n) is 4.48. The van der Waals surface area contributed by atoms with Crippen LogP contribution in [0.4, 0.5) is 23.8 Å². The minimum atomic E-state index is -4.64. The summed E-state index contributed by atoms with van der Waals surface area (Å²) in [5.41, 5.74) is 0.264. The highest BCUT2D eigenvalue weighted by Crippen LogP contribution is 2.40. The minimum Gasteiger partial charge on any atom is -0.383 e. The fraction of sp³-hybridized carbons (Fsp3) is 0.321. The quantitative estimate of drug-likeness (QED) is 0.231. The van der Waals surface area contributed by atoms with Gasteiger partial charge in [0.25, 0.3) is 5.91 Å². The lowest BCUT2D eigenvalue weighted by molar-refractivity contribution is -0.140. The maximum atomic E-state index is 13.6. The van der Waals surface area contributed by atoms with Crippen LogP contribution in [0.15, 0.2) is 46.8 Å². The number of amides is 3. The van der Waals surface area contributed by atoms with Crippen molar-refractivity contribution in [1.82, 2.24) is 25.2 Å². The number of hydrogen-bond donors (Lipinski definition) is 3. The third kappa shape index (κ3) is 6.14. The van der Waals surface area contributed by atoms with Gasteiger partial charge in [0.1, 0.15) is 16.4 Å². The van der Waals surface area contributed by atoms with Gasteiger partial charge < -0.3 is 19.9 Å². The Kier molecular flexibility index (Phi) is 8.27. The number of halogens is 3. The normalized spacial score (nSPS) is 13.3. The van der Waals surface area contributed by atoms with Crippen molar-refractivity contribution in [1.29, 1.82) is 0 Å². The largest absolute Gasteiger partial charge is 0.434 e. The SMILES string of the molecule is CCNC(=O)Nc1cc(-c2nc(C(F)(F)F)cs2)c(-c2ccc3c(c2)c(=O)c(C(=O)NCCOC)cn3C2CC2)cn1. The van der Waals surface area contributed by atoms with Gasteiger partial charge in [-0.25, -0.2) is 14.8 Å². The first-order chi connectivity index (χ1) is 20.1. The van der Waals surface area contributed by atoms with E-state index in [0.717, 1.165) is 29.6 Å². The van der Waals surface area contributed by atoms with E-state index in [1.165, 1.54) is 19.4 Å². The van der Waals surface area contributed by atoms with Crippen LogP contribution in [0.2, 0.25) is 0 Å². The van der Waals surface area contributed by atoms with E-state index in [9.17, 15) is 27.6 Å². The summed E-state index contributed by atoms with van der Waals surface area (Å²) in [4.78, 5) is 46.7. The van der Waals surface area contributed by atoms with E-state index in [-0.39, 0.29) is 46.5 Å². The molecule has 1 aliphatic carbocycles. The van der Waals surface area contributed by atoms with E-state index in [1.54, 1.807) is 31.3 Å². The molecule has 220 valence electrons. The minimum absolute atomic E-state index is 0.0165. The Balaban J connectivity index is 1.64. The zero-order valence-electron chi connectivity index (χ0n) is 22.7. The van der Waals surface area contributed by atoms with E-state index in [1.807, 2.05) is 4.57 Å². The molecule has 1 saturated carbocycles. The lowest BCUT2D eigenvalue weighted by atomic mass is 9.99. The number of benzene rings is 1. The number of hydrogen-bond acceptors (Lipinski definition) is 7. The van der Waals surface area contributed by atoms with Crippen LogP contribution in [0.1, 0.15) is 41.9 Å². The number of urea groups is 1. The van der Waals surface area contributed by atoms with E-state index in [2.05, 4.69) is 25.9 Å². The van der Waals surface area contributed by atoms with Crippen molar-refractivity contribution < 1.29 is 27.5 Å². The number of methoxy groups -OCH3 is 1. The molecule has 0 aliphatic heterocycles. The molecule has 3 amide bonds. The molecule has 10 nitrogen and oxygen atoms in total. The lowest BCUT2D eigenvalue weighted by Gasteiger charge is -2.15. The number of anilines is 1. The second kappa shape index (κ2) is 11.9. The molecule has 5 rings (SSSR count). The molecule has 42 heavy (non-hydrogen) atoms. The molecule has 0 spiro atoms. The maximum absolute atomic E-state index is 13.6. The topological polar surface area (TPSA) is 127 Å². The highest BCUT2D eigenvalue weighted by Gasteiger charge is 2.34. The van der Waals surface area contributed by atoms with Gasteiger partial charge in [0.05, 0.1) is 12.1 Å². The molecule has 0 radical (unpaired) electrons. The molecule has 0 saturated heterocycles. The van der Waals surface area contributed by atoms with Gasteiger partial charge in [-0.1, -0.05) is 6.07 Å². The summed E-state index contributed by atoms with van der Waals surface area (Å²) in [6.45, 7) is 2.62. The van der Waals surface area contributed by atoms with Gasteiger partial charge >= 0.3 is 12.2 Å². The molecule has 0 unspecified atom stereocenters. The molecule has 3 N–H and O–H groups in total. The standard InChI is InChI=1S/C28H27F3N6O4S/c1-3-32-27(40)36-23-11-17(26-35-22(14-42-26)28(29,30)31)19(12-34-23)15-4-7-21-18(10-15)24(38)20(13-37(21)16-5-6-16)25(39)33-8-9-41-2/h4,7,10-14,16H,3,5-6,8-9H2,1-2H3,(H,33,39)(H2,32,34,36,40). The van der Waals surface area contributed by atoms with Crippen molar-refractivity contribution >= 4 is 40.0 Å². The predicted octanol–water partition coefficient (Wildman–Crippen LogP) is 5.06. The monoisotopic (exact) mass is 600 g/mol. The van der Waals surface area contributed by atoms with Crippen LogP contribution in [-0.2, 0) is 10.9 Å². The van der Waals surface area contributed by atoms with Gasteiger partial charge in [-0.3, -0.25) is 14.9 Å². The van der Waals surface area contributed by atoms with Crippen LogP contribution < -0.4 is 21.4 Å². The van der Waals surface area contributed by atoms with Crippen molar-refractivity contribution in [2.24, 2.45) is 0 Å². The van der Waals surface area contributed by atoms with Gasteiger partial charge in [0.15, 0.2) is 5.69 Å². The number of aromatic nitrogens is 3. The number of nitrogens with zero attached hydrogens (tertiary/aromatic N) is 3. The lowest BCUT2D eigenvalue weighted by Crippen LogP contribution is -2.32. The maximum Gasteiger partial charge on any atom is 0.434 e. The molecule has 14 heteroatoms. The summed E-state index contributed by atoms with van der Waals surface area (Å²) in [6, 6.07) is 6.17. The van der Waals surface area contributed by atoms with Gasteiger partial charge in [-0.15, -0.1) is 11.3 Å². The second-order valence-corrected chi connectivity index (χ2v) is 10.5. The Morgan fingerprint density at radius 3 is 2.62 bits per heavy atom. The Labute approximate surface area is 241 Å². The van der Waals surface area contributed by atoms with E-state index < -0.39 is 29.2 Å². The van der Waals surface area contributed by atoms with E-state index >= 15 is 0 Å². The average molecular weight is 601 g/mol. The first-order valence-electron chi connectivity index (χ1n) is 13.1. The van der Waals surface area contributed by atoms with Gasteiger partial charge in [-0.2, -0.15) is 13.2 Å². The molecule has 1 aromatic carbocycles. The average Bonchev–Trinajstić information content (AvgIpc) is 3.67. The number of carbonyl (C=O) groups is 2. The predicted molar refractivity (Wildman–Crippen MR) is 153 cm³/mol. The summed E-state index contributed by atoms with van der Waals surface area (Å²) < 4.78 is 47.1. The number of ether oxygens (including phenoxy) is 1. The molecule has 3 heterocycles. The summed E-state index contributed by atoms with van der Waals surface area (Å²) >= 11 is 0.797. The molecule has 3 aromatic heterocycles. The van der Waals surface area contributed by atoms with Crippen LogP contribution in [0.25, 0.3) is 32.6 Å². The van der Waals surface area contributed by atoms with Crippen molar-refractivity contribution in [3.05, 3.63) is 63.5 Å². The highest BCUT2D eigenvalue weighted by atomic mass is 32.1. The number of pyridine rings is 2. The zero-order chi connectivity index (χ0) is 30.0. The molecule has 0 bridgehead atoms. The first-order valence-corrected chi connectivity index (χ1v) is 14.0. The van der Waals surface area contributed by atoms with Crippen LogP contribution >= 0.6 is 11.3 Å². The molecular formula is C28H27F3N6O4S. The van der Waals surface area contributed by atoms with Crippen LogP contribution in [-0.4, -0.2) is 53.3 Å². The Morgan fingerprint density at radius 2 is 1.95 bits per heavy atom. The van der Waals surface area contributed by atoms with Gasteiger partial charge in [0.2, 0.25) is 5.43 Å². The summed E-state index contributed by atoms with van der Waals surface area (Å²) in [5.74, 6) is -0.417. The van der Waals surface area contributed by atoms with E-state index in [0.29, 0.717) is 23.2 Å². The Morgan fingerprint density at radius 1 is 1.17 bits per heavy atom. The number of thiazole rings is 1. The van der Waals surface area contributed by atoms with Crippen molar-refractivity contribution in [2.45, 2.75) is 32.0 Å². The highest BCUT2D eigenvalue weighted by molar-refractivity contribution is 7.13. The number of alkyl halides is 3.